The first kappa shape index (κ1) is 28.8. The average Bonchev–Trinajstić information content (AvgIpc) is 2.95. The molecule has 1 aromatic heterocycles. The van der Waals surface area contributed by atoms with Gasteiger partial charge >= 0.3 is 6.09 Å². The Labute approximate surface area is 233 Å². The number of anilines is 4. The number of ether oxygens (including phenoxy) is 3. The molecule has 2 aromatic carbocycles. The second-order valence-corrected chi connectivity index (χ2v) is 9.48. The minimum absolute atomic E-state index is 0.0723. The van der Waals surface area contributed by atoms with E-state index in [0.29, 0.717) is 24.1 Å². The zero-order valence-corrected chi connectivity index (χ0v) is 23.1. The molecule has 1 fully saturated rings. The van der Waals surface area contributed by atoms with Crippen LogP contribution in [0.2, 0.25) is 0 Å². The van der Waals surface area contributed by atoms with Crippen molar-refractivity contribution in [1.82, 2.24) is 19.8 Å². The van der Waals surface area contributed by atoms with E-state index in [4.69, 9.17) is 14.2 Å². The molecule has 40 heavy (non-hydrogen) atoms. The summed E-state index contributed by atoms with van der Waals surface area (Å²) in [5.74, 6) is 0.582. The Kier molecular flexibility index (Phi) is 9.56. The van der Waals surface area contributed by atoms with Gasteiger partial charge in [-0.05, 0) is 38.1 Å². The summed E-state index contributed by atoms with van der Waals surface area (Å²) in [6, 6.07) is 11.2. The van der Waals surface area contributed by atoms with Crippen LogP contribution >= 0.6 is 0 Å². The molecule has 0 aliphatic carbocycles. The maximum Gasteiger partial charge on any atom is 0.417 e. The molecule has 0 atom stereocenters. The molecule has 3 aromatic rings. The number of piperazine rings is 1. The predicted octanol–water partition coefficient (Wildman–Crippen LogP) is 4.60. The number of rotatable bonds is 11. The zero-order chi connectivity index (χ0) is 28.6. The zero-order valence-electron chi connectivity index (χ0n) is 23.1. The van der Waals surface area contributed by atoms with Gasteiger partial charge in [0.25, 0.3) is 0 Å². The van der Waals surface area contributed by atoms with Crippen LogP contribution in [0.1, 0.15) is 13.8 Å². The van der Waals surface area contributed by atoms with Crippen LogP contribution in [0.3, 0.4) is 0 Å². The highest BCUT2D eigenvalue weighted by Crippen LogP contribution is 2.36. The van der Waals surface area contributed by atoms with Gasteiger partial charge < -0.3 is 24.6 Å². The molecule has 1 saturated heterocycles. The highest BCUT2D eigenvalue weighted by Gasteiger charge is 2.23. The molecule has 0 bridgehead atoms. The van der Waals surface area contributed by atoms with Gasteiger partial charge in [-0.15, -0.1) is 0 Å². The summed E-state index contributed by atoms with van der Waals surface area (Å²) in [4.78, 5) is 26.4. The number of nitrogens with zero attached hydrogens (tertiary/aromatic N) is 5. The lowest BCUT2D eigenvalue weighted by atomic mass is 10.2. The van der Waals surface area contributed by atoms with E-state index in [1.165, 1.54) is 32.5 Å². The monoisotopic (exact) mass is 554 g/mol. The van der Waals surface area contributed by atoms with E-state index < -0.39 is 11.9 Å². The minimum atomic E-state index is -1.28. The van der Waals surface area contributed by atoms with Crippen molar-refractivity contribution >= 4 is 29.2 Å². The summed E-state index contributed by atoms with van der Waals surface area (Å²) in [5.41, 5.74) is 0.630. The van der Waals surface area contributed by atoms with Crippen LogP contribution in [0.25, 0.3) is 0 Å². The van der Waals surface area contributed by atoms with Gasteiger partial charge in [0.15, 0.2) is 11.6 Å². The van der Waals surface area contributed by atoms with E-state index >= 15 is 0 Å². The molecule has 2 N–H and O–H groups in total. The molecule has 0 radical (unpaired) electrons. The van der Waals surface area contributed by atoms with Crippen molar-refractivity contribution in [3.63, 3.8) is 0 Å². The first-order valence-electron chi connectivity index (χ1n) is 13.0. The van der Waals surface area contributed by atoms with Crippen LogP contribution in [0.5, 0.6) is 17.2 Å². The number of benzene rings is 2. The highest BCUT2D eigenvalue weighted by atomic mass is 19.1. The Morgan fingerprint density at radius 2 is 1.85 bits per heavy atom. The second kappa shape index (κ2) is 13.3. The highest BCUT2D eigenvalue weighted by molar-refractivity contribution is 5.95. The summed E-state index contributed by atoms with van der Waals surface area (Å²) in [7, 11) is 2.93. The van der Waals surface area contributed by atoms with Gasteiger partial charge in [0, 0.05) is 68.8 Å². The molecule has 214 valence electrons. The van der Waals surface area contributed by atoms with Crippen molar-refractivity contribution in [1.29, 1.82) is 0 Å². The molecular weight excluding hydrogens is 519 g/mol. The number of nitrogens with one attached hydrogen (secondary N) is 1. The van der Waals surface area contributed by atoms with Crippen LogP contribution in [0, 0.1) is 5.82 Å². The second-order valence-electron chi connectivity index (χ2n) is 9.48. The topological polar surface area (TPSA) is 113 Å². The Hall–Kier alpha value is -4.16. The third-order valence-corrected chi connectivity index (χ3v) is 6.68. The standard InChI is InChI=1S/C28H35FN6O5/c1-19(2)34-13-11-33(12-14-34)15-16-40-24-8-5-20(17-22(24)29)31-27-30-10-9-26(32-27)35(28(36)37)23-7-6-21(38-3)18-25(23)39-4/h5-10,17-19H,11-16H2,1-4H3,(H,36,37)(H,30,31,32). The average molecular weight is 555 g/mol. The molecular formula is C28H35FN6O5. The quantitative estimate of drug-likeness (QED) is 0.349. The Morgan fingerprint density at radius 1 is 1.07 bits per heavy atom. The molecule has 4 rings (SSSR count). The van der Waals surface area contributed by atoms with Gasteiger partial charge in [0.2, 0.25) is 5.95 Å². The Morgan fingerprint density at radius 3 is 2.50 bits per heavy atom. The molecule has 1 aliphatic rings. The molecule has 1 amide bonds. The van der Waals surface area contributed by atoms with Gasteiger partial charge in [-0.25, -0.2) is 19.1 Å². The van der Waals surface area contributed by atoms with Crippen molar-refractivity contribution in [2.24, 2.45) is 0 Å². The molecule has 0 spiro atoms. The third-order valence-electron chi connectivity index (χ3n) is 6.68. The molecule has 0 unspecified atom stereocenters. The number of carbonyl (C=O) groups is 1. The van der Waals surface area contributed by atoms with Gasteiger partial charge in [-0.2, -0.15) is 4.98 Å². The lowest BCUT2D eigenvalue weighted by Crippen LogP contribution is -2.49. The Bertz CT molecular complexity index is 1300. The van der Waals surface area contributed by atoms with Crippen molar-refractivity contribution in [3.05, 3.63) is 54.5 Å². The van der Waals surface area contributed by atoms with E-state index in [1.807, 2.05) is 0 Å². The fourth-order valence-electron chi connectivity index (χ4n) is 4.44. The van der Waals surface area contributed by atoms with E-state index in [-0.39, 0.29) is 29.0 Å². The van der Waals surface area contributed by atoms with Crippen molar-refractivity contribution < 1.29 is 28.5 Å². The SMILES string of the molecule is COc1ccc(N(C(=O)O)c2ccnc(Nc3ccc(OCCN4CCN(C(C)C)CC4)c(F)c3)n2)c(OC)c1. The fourth-order valence-corrected chi connectivity index (χ4v) is 4.44. The number of carboxylic acid groups (broad SMARTS) is 1. The summed E-state index contributed by atoms with van der Waals surface area (Å²) >= 11 is 0. The lowest BCUT2D eigenvalue weighted by Gasteiger charge is -2.36. The molecule has 11 nitrogen and oxygen atoms in total. The third kappa shape index (κ3) is 7.07. The smallest absolute Gasteiger partial charge is 0.417 e. The van der Waals surface area contributed by atoms with Crippen molar-refractivity contribution in [2.45, 2.75) is 19.9 Å². The number of hydrogen-bond acceptors (Lipinski definition) is 9. The number of halogens is 1. The van der Waals surface area contributed by atoms with E-state index in [0.717, 1.165) is 37.6 Å². The molecule has 0 saturated carbocycles. The molecule has 1 aliphatic heterocycles. The molecule has 12 heteroatoms. The van der Waals surface area contributed by atoms with Gasteiger partial charge in [0.1, 0.15) is 23.9 Å². The number of amides is 1. The van der Waals surface area contributed by atoms with Crippen LogP contribution in [-0.4, -0.2) is 90.6 Å². The van der Waals surface area contributed by atoms with Crippen LogP contribution in [0.4, 0.5) is 32.3 Å². The first-order chi connectivity index (χ1) is 19.3. The normalized spacial score (nSPS) is 14.2. The largest absolute Gasteiger partial charge is 0.497 e. The van der Waals surface area contributed by atoms with Gasteiger partial charge in [0.05, 0.1) is 19.9 Å². The summed E-state index contributed by atoms with van der Waals surface area (Å²) < 4.78 is 31.1. The number of methoxy groups -OCH3 is 2. The number of aromatic nitrogens is 2. The van der Waals surface area contributed by atoms with Crippen molar-refractivity contribution in [2.75, 3.05) is 63.8 Å². The van der Waals surface area contributed by atoms with Gasteiger partial charge in [-0.1, -0.05) is 0 Å². The predicted molar refractivity (Wildman–Crippen MR) is 150 cm³/mol. The van der Waals surface area contributed by atoms with E-state index in [2.05, 4.69) is 38.9 Å². The maximum absolute atomic E-state index is 14.8. The van der Waals surface area contributed by atoms with Crippen molar-refractivity contribution in [3.8, 4) is 17.2 Å². The van der Waals surface area contributed by atoms with Crippen LogP contribution in [-0.2, 0) is 0 Å². The van der Waals surface area contributed by atoms with E-state index in [9.17, 15) is 14.3 Å². The number of hydrogen-bond donors (Lipinski definition) is 2. The fraction of sp³-hybridized carbons (Fsp3) is 0.393. The first-order valence-corrected chi connectivity index (χ1v) is 13.0. The maximum atomic E-state index is 14.8. The molecule has 2 heterocycles. The minimum Gasteiger partial charge on any atom is -0.497 e. The lowest BCUT2D eigenvalue weighted by molar-refractivity contribution is 0.0965. The summed E-state index contributed by atoms with van der Waals surface area (Å²) in [5, 5.41) is 12.9. The summed E-state index contributed by atoms with van der Waals surface area (Å²) in [6.45, 7) is 9.50. The van der Waals surface area contributed by atoms with E-state index in [1.54, 1.807) is 30.3 Å². The summed E-state index contributed by atoms with van der Waals surface area (Å²) in [6.07, 6.45) is 0.133. The van der Waals surface area contributed by atoms with Crippen LogP contribution in [0.15, 0.2) is 48.7 Å². The Balaban J connectivity index is 1.40. The van der Waals surface area contributed by atoms with Gasteiger partial charge in [-0.3, -0.25) is 9.80 Å². The van der Waals surface area contributed by atoms with Crippen LogP contribution < -0.4 is 24.4 Å².